The molecule has 0 saturated carbocycles. The Morgan fingerprint density at radius 1 is 1.22 bits per heavy atom. The van der Waals surface area contributed by atoms with E-state index in [9.17, 15) is 5.11 Å². The first-order valence-electron chi connectivity index (χ1n) is 8.24. The number of fused-ring (bicyclic) bond motifs is 1. The molecule has 5 nitrogen and oxygen atoms in total. The van der Waals surface area contributed by atoms with Crippen molar-refractivity contribution in [2.45, 2.75) is 39.0 Å². The molecule has 2 aromatic heterocycles. The van der Waals surface area contributed by atoms with Crippen LogP contribution in [0.1, 0.15) is 30.7 Å². The highest BCUT2D eigenvalue weighted by Crippen LogP contribution is 2.24. The normalized spacial score (nSPS) is 11.1. The molecule has 148 valence electrons. The number of aromatic amines is 1. The topological polar surface area (TPSA) is 87.0 Å². The van der Waals surface area contributed by atoms with Crippen LogP contribution in [0.3, 0.4) is 0 Å². The number of pyridine rings is 1. The third kappa shape index (κ3) is 5.50. The monoisotopic (exact) mass is 430 g/mol. The molecule has 0 spiro atoms. The van der Waals surface area contributed by atoms with E-state index in [4.69, 9.17) is 17.3 Å². The molecule has 3 rings (SSSR count). The molecule has 0 fully saturated rings. The number of anilines is 1. The van der Waals surface area contributed by atoms with Gasteiger partial charge in [-0.05, 0) is 38.0 Å². The van der Waals surface area contributed by atoms with Crippen LogP contribution in [0.2, 0.25) is 5.02 Å². The van der Waals surface area contributed by atoms with E-state index in [0.29, 0.717) is 17.1 Å². The second-order valence-electron chi connectivity index (χ2n) is 6.89. The van der Waals surface area contributed by atoms with Gasteiger partial charge in [0.15, 0.2) is 0 Å². The maximum atomic E-state index is 9.52. The standard InChI is InChI=1S/C19H23ClN4O.2ClH/c1-19(2,8-13-9-22-16-6-4-3-5-14(13)16)23-10-17-12(11-25)7-15(20)18(21)24-17;;/h3-7,9,22-23,25H,8,10-11H2,1-2H3,(H2,21,24);2*1H. The van der Waals surface area contributed by atoms with E-state index in [-0.39, 0.29) is 42.8 Å². The van der Waals surface area contributed by atoms with Crippen LogP contribution in [-0.4, -0.2) is 20.6 Å². The zero-order chi connectivity index (χ0) is 18.0. The van der Waals surface area contributed by atoms with Crippen molar-refractivity contribution in [1.29, 1.82) is 0 Å². The molecule has 0 aliphatic heterocycles. The van der Waals surface area contributed by atoms with Gasteiger partial charge in [0.25, 0.3) is 0 Å². The van der Waals surface area contributed by atoms with E-state index in [1.807, 2.05) is 12.1 Å². The van der Waals surface area contributed by atoms with Gasteiger partial charge in [0.2, 0.25) is 0 Å². The number of halogens is 3. The second-order valence-corrected chi connectivity index (χ2v) is 7.30. The first kappa shape index (κ1) is 23.5. The lowest BCUT2D eigenvalue weighted by atomic mass is 9.94. The summed E-state index contributed by atoms with van der Waals surface area (Å²) in [4.78, 5) is 7.62. The molecule has 2 heterocycles. The number of aromatic nitrogens is 2. The number of nitrogens with two attached hydrogens (primary N) is 1. The summed E-state index contributed by atoms with van der Waals surface area (Å²) >= 11 is 5.98. The van der Waals surface area contributed by atoms with Crippen molar-refractivity contribution in [2.75, 3.05) is 5.73 Å². The number of nitrogens with zero attached hydrogens (tertiary/aromatic N) is 1. The van der Waals surface area contributed by atoms with Gasteiger partial charge in [-0.2, -0.15) is 0 Å². The first-order chi connectivity index (χ1) is 11.9. The zero-order valence-corrected chi connectivity index (χ0v) is 17.6. The lowest BCUT2D eigenvalue weighted by Gasteiger charge is -2.27. The van der Waals surface area contributed by atoms with Gasteiger partial charge in [-0.25, -0.2) is 4.98 Å². The minimum atomic E-state index is -0.159. The Labute approximate surface area is 176 Å². The minimum absolute atomic E-state index is 0. The Morgan fingerprint density at radius 3 is 2.63 bits per heavy atom. The van der Waals surface area contributed by atoms with Crippen LogP contribution < -0.4 is 11.1 Å². The van der Waals surface area contributed by atoms with E-state index in [1.165, 1.54) is 10.9 Å². The van der Waals surface area contributed by atoms with Gasteiger partial charge in [-0.15, -0.1) is 24.8 Å². The lowest BCUT2D eigenvalue weighted by molar-refractivity contribution is 0.278. The summed E-state index contributed by atoms with van der Waals surface area (Å²) in [6.45, 7) is 4.68. The zero-order valence-electron chi connectivity index (χ0n) is 15.3. The average molecular weight is 432 g/mol. The summed E-state index contributed by atoms with van der Waals surface area (Å²) in [6, 6.07) is 9.95. The molecule has 5 N–H and O–H groups in total. The molecule has 0 aliphatic carbocycles. The van der Waals surface area contributed by atoms with Crippen LogP contribution in [0.5, 0.6) is 0 Å². The quantitative estimate of drug-likeness (QED) is 0.470. The third-order valence-electron chi connectivity index (χ3n) is 4.38. The Balaban J connectivity index is 0.00000182. The summed E-state index contributed by atoms with van der Waals surface area (Å²) in [6.07, 6.45) is 2.92. The second kappa shape index (κ2) is 9.62. The number of benzene rings is 1. The SMILES string of the molecule is CC(C)(Cc1c[nH]c2ccccc12)NCc1nc(N)c(Cl)cc1CO.Cl.Cl. The molecule has 0 unspecified atom stereocenters. The van der Waals surface area contributed by atoms with Crippen LogP contribution in [0, 0.1) is 0 Å². The Hall–Kier alpha value is -1.50. The molecular weight excluding hydrogens is 407 g/mol. The van der Waals surface area contributed by atoms with Crippen molar-refractivity contribution in [2.24, 2.45) is 0 Å². The smallest absolute Gasteiger partial charge is 0.142 e. The fourth-order valence-corrected chi connectivity index (χ4v) is 3.18. The van der Waals surface area contributed by atoms with E-state index >= 15 is 0 Å². The van der Waals surface area contributed by atoms with E-state index in [1.54, 1.807) is 6.07 Å². The predicted octanol–water partition coefficient (Wildman–Crippen LogP) is 4.25. The van der Waals surface area contributed by atoms with Gasteiger partial charge >= 0.3 is 0 Å². The first-order valence-corrected chi connectivity index (χ1v) is 8.62. The number of para-hydroxylation sites is 1. The van der Waals surface area contributed by atoms with Gasteiger partial charge in [0, 0.05) is 34.7 Å². The largest absolute Gasteiger partial charge is 0.392 e. The fourth-order valence-electron chi connectivity index (χ4n) is 3.01. The van der Waals surface area contributed by atoms with Crippen LogP contribution >= 0.6 is 36.4 Å². The van der Waals surface area contributed by atoms with E-state index in [2.05, 4.69) is 47.5 Å². The summed E-state index contributed by atoms with van der Waals surface area (Å²) < 4.78 is 0. The number of nitrogens with one attached hydrogen (secondary N) is 2. The molecule has 0 radical (unpaired) electrons. The molecule has 3 aromatic rings. The summed E-state index contributed by atoms with van der Waals surface area (Å²) in [5.41, 5.74) is 9.45. The summed E-state index contributed by atoms with van der Waals surface area (Å²) in [5, 5.41) is 14.6. The number of H-pyrrole nitrogens is 1. The van der Waals surface area contributed by atoms with E-state index in [0.717, 1.165) is 17.6 Å². The number of nitrogen functional groups attached to an aromatic ring is 1. The minimum Gasteiger partial charge on any atom is -0.392 e. The Bertz CT molecular complexity index is 896. The number of aliphatic hydroxyl groups excluding tert-OH is 1. The van der Waals surface area contributed by atoms with Crippen molar-refractivity contribution >= 4 is 53.1 Å². The van der Waals surface area contributed by atoms with Crippen molar-refractivity contribution in [3.63, 3.8) is 0 Å². The van der Waals surface area contributed by atoms with E-state index < -0.39 is 0 Å². The average Bonchev–Trinajstić information content (AvgIpc) is 2.98. The van der Waals surface area contributed by atoms with Crippen molar-refractivity contribution in [3.05, 3.63) is 58.4 Å². The van der Waals surface area contributed by atoms with Gasteiger partial charge in [-0.1, -0.05) is 29.8 Å². The molecule has 0 amide bonds. The molecule has 0 aliphatic rings. The highest BCUT2D eigenvalue weighted by atomic mass is 35.5. The van der Waals surface area contributed by atoms with Gasteiger partial charge in [0.1, 0.15) is 5.82 Å². The maximum Gasteiger partial charge on any atom is 0.142 e. The Kier molecular flexibility index (Phi) is 8.39. The van der Waals surface area contributed by atoms with Crippen LogP contribution in [0.4, 0.5) is 5.82 Å². The van der Waals surface area contributed by atoms with Crippen LogP contribution in [0.25, 0.3) is 10.9 Å². The predicted molar refractivity (Wildman–Crippen MR) is 117 cm³/mol. The number of rotatable bonds is 6. The highest BCUT2D eigenvalue weighted by Gasteiger charge is 2.21. The third-order valence-corrected chi connectivity index (χ3v) is 4.69. The van der Waals surface area contributed by atoms with Gasteiger partial charge in [-0.3, -0.25) is 0 Å². The lowest BCUT2D eigenvalue weighted by Crippen LogP contribution is -2.41. The molecule has 0 saturated heterocycles. The van der Waals surface area contributed by atoms with Crippen molar-refractivity contribution in [3.8, 4) is 0 Å². The molecule has 8 heteroatoms. The van der Waals surface area contributed by atoms with Gasteiger partial charge < -0.3 is 21.1 Å². The molecule has 27 heavy (non-hydrogen) atoms. The van der Waals surface area contributed by atoms with Crippen LogP contribution in [-0.2, 0) is 19.6 Å². The summed E-state index contributed by atoms with van der Waals surface area (Å²) in [5.74, 6) is 0.283. The highest BCUT2D eigenvalue weighted by molar-refractivity contribution is 6.32. The molecule has 0 bridgehead atoms. The van der Waals surface area contributed by atoms with Crippen LogP contribution in [0.15, 0.2) is 36.5 Å². The summed E-state index contributed by atoms with van der Waals surface area (Å²) in [7, 11) is 0. The number of hydrogen-bond acceptors (Lipinski definition) is 4. The number of hydrogen-bond donors (Lipinski definition) is 4. The molecular formula is C19H25Cl3N4O. The maximum absolute atomic E-state index is 9.52. The molecule has 0 atom stereocenters. The Morgan fingerprint density at radius 2 is 1.93 bits per heavy atom. The number of aliphatic hydroxyl groups is 1. The van der Waals surface area contributed by atoms with Gasteiger partial charge in [0.05, 0.1) is 17.3 Å². The fraction of sp³-hybridized carbons (Fsp3) is 0.316. The van der Waals surface area contributed by atoms with Crippen molar-refractivity contribution in [1.82, 2.24) is 15.3 Å². The molecule has 1 aromatic carbocycles. The van der Waals surface area contributed by atoms with Crippen molar-refractivity contribution < 1.29 is 5.11 Å².